The number of halogens is 1. The summed E-state index contributed by atoms with van der Waals surface area (Å²) in [5, 5.41) is 0. The minimum atomic E-state index is -3.62. The van der Waals surface area contributed by atoms with Gasteiger partial charge in [-0.25, -0.2) is 13.4 Å². The number of sulfonamides is 1. The van der Waals surface area contributed by atoms with Gasteiger partial charge in [0.2, 0.25) is 10.0 Å². The number of nitrogens with zero attached hydrogens (tertiary/aromatic N) is 4. The molecule has 1 amide bonds. The fraction of sp³-hybridized carbons (Fsp3) is 0.269. The molecule has 0 unspecified atom stereocenters. The van der Waals surface area contributed by atoms with Crippen LogP contribution in [0.15, 0.2) is 86.2 Å². The number of rotatable bonds is 7. The Labute approximate surface area is 214 Å². The van der Waals surface area contributed by atoms with E-state index in [1.165, 1.54) is 28.6 Å². The van der Waals surface area contributed by atoms with E-state index in [2.05, 4.69) is 25.9 Å². The fourth-order valence-corrected chi connectivity index (χ4v) is 5.98. The molecule has 2 aromatic rings. The predicted octanol–water partition coefficient (Wildman–Crippen LogP) is 5.10. The quantitative estimate of drug-likeness (QED) is 0.476. The molecule has 0 spiro atoms. The molecule has 2 aliphatic heterocycles. The van der Waals surface area contributed by atoms with Gasteiger partial charge in [-0.1, -0.05) is 38.1 Å². The number of carbonyl (C=O) groups excluding carboxylic acids is 1. The van der Waals surface area contributed by atoms with Crippen molar-refractivity contribution in [3.8, 4) is 0 Å². The third-order valence-electron chi connectivity index (χ3n) is 5.68. The molecule has 0 saturated heterocycles. The zero-order valence-electron chi connectivity index (χ0n) is 19.7. The maximum atomic E-state index is 13.1. The molecular weight excluding hydrogens is 528 g/mol. The first-order valence-corrected chi connectivity index (χ1v) is 13.8. The van der Waals surface area contributed by atoms with Crippen LogP contribution in [0, 0.1) is 0 Å². The van der Waals surface area contributed by atoms with Crippen molar-refractivity contribution in [2.45, 2.75) is 38.1 Å². The third-order valence-corrected chi connectivity index (χ3v) is 8.06. The van der Waals surface area contributed by atoms with E-state index in [0.717, 1.165) is 28.5 Å². The molecule has 0 radical (unpaired) electrons. The molecule has 0 atom stereocenters. The number of carbonyl (C=O) groups is 1. The van der Waals surface area contributed by atoms with Crippen LogP contribution in [-0.4, -0.2) is 48.3 Å². The van der Waals surface area contributed by atoms with Gasteiger partial charge in [-0.3, -0.25) is 4.79 Å². The predicted molar refractivity (Wildman–Crippen MR) is 142 cm³/mol. The monoisotopic (exact) mass is 554 g/mol. The number of fused-ring (bicyclic) bond motifs is 2. The van der Waals surface area contributed by atoms with E-state index in [0.29, 0.717) is 36.9 Å². The molecule has 2 aliphatic rings. The Bertz CT molecular complexity index is 1340. The maximum Gasteiger partial charge on any atom is 0.279 e. The molecule has 0 saturated carbocycles. The smallest absolute Gasteiger partial charge is 0.279 e. The molecule has 0 bridgehead atoms. The van der Waals surface area contributed by atoms with Gasteiger partial charge in [0.15, 0.2) is 5.84 Å². The standard InChI is InChI=1S/C26H27BrN4O3S/c1-3-15-31(16-4-2)35(33,34)22-12-9-19(10-13-22)26(32)29-25-23-8-6-5-7-20(23)17-30-18-21(27)11-14-24(30)28-25/h5-14,18H,3-4,15-17H2,1-2H3. The van der Waals surface area contributed by atoms with Crippen molar-refractivity contribution in [1.82, 2.24) is 9.21 Å². The molecular formula is C26H27BrN4O3S. The number of hydrogen-bond acceptors (Lipinski definition) is 4. The summed E-state index contributed by atoms with van der Waals surface area (Å²) in [5.41, 5.74) is 2.09. The van der Waals surface area contributed by atoms with Crippen molar-refractivity contribution in [3.05, 3.63) is 88.1 Å². The van der Waals surface area contributed by atoms with E-state index >= 15 is 0 Å². The van der Waals surface area contributed by atoms with Gasteiger partial charge < -0.3 is 4.90 Å². The van der Waals surface area contributed by atoms with Crippen LogP contribution < -0.4 is 0 Å². The summed E-state index contributed by atoms with van der Waals surface area (Å²) < 4.78 is 28.5. The van der Waals surface area contributed by atoms with Gasteiger partial charge in [0.1, 0.15) is 5.84 Å². The van der Waals surface area contributed by atoms with Gasteiger partial charge in [0.05, 0.1) is 4.90 Å². The van der Waals surface area contributed by atoms with Gasteiger partial charge in [-0.05, 0) is 70.8 Å². The normalized spacial score (nSPS) is 16.5. The highest BCUT2D eigenvalue weighted by Gasteiger charge is 2.24. The number of hydrogen-bond donors (Lipinski definition) is 0. The maximum absolute atomic E-state index is 13.1. The summed E-state index contributed by atoms with van der Waals surface area (Å²) >= 11 is 3.49. The summed E-state index contributed by atoms with van der Waals surface area (Å²) in [6, 6.07) is 13.7. The molecule has 4 rings (SSSR count). The van der Waals surface area contributed by atoms with Crippen LogP contribution >= 0.6 is 15.9 Å². The van der Waals surface area contributed by atoms with Crippen LogP contribution in [-0.2, 0) is 16.6 Å². The van der Waals surface area contributed by atoms with Crippen molar-refractivity contribution in [2.75, 3.05) is 13.1 Å². The molecule has 0 N–H and O–H groups in total. The Morgan fingerprint density at radius 2 is 1.74 bits per heavy atom. The van der Waals surface area contributed by atoms with Crippen molar-refractivity contribution in [3.63, 3.8) is 0 Å². The Hall–Kier alpha value is -2.88. The Balaban J connectivity index is 1.66. The summed E-state index contributed by atoms with van der Waals surface area (Å²) in [6.45, 7) is 5.42. The highest BCUT2D eigenvalue weighted by molar-refractivity contribution is 9.11. The second-order valence-electron chi connectivity index (χ2n) is 8.27. The molecule has 0 fully saturated rings. The highest BCUT2D eigenvalue weighted by atomic mass is 79.9. The van der Waals surface area contributed by atoms with Crippen LogP contribution in [0.4, 0.5) is 0 Å². The van der Waals surface area contributed by atoms with Crippen LogP contribution in [0.25, 0.3) is 0 Å². The summed E-state index contributed by atoms with van der Waals surface area (Å²) in [7, 11) is -3.62. The summed E-state index contributed by atoms with van der Waals surface area (Å²) in [6.07, 6.45) is 7.17. The van der Waals surface area contributed by atoms with E-state index in [9.17, 15) is 13.2 Å². The van der Waals surface area contributed by atoms with Crippen LogP contribution in [0.1, 0.15) is 48.2 Å². The van der Waals surface area contributed by atoms with Crippen molar-refractivity contribution in [1.29, 1.82) is 0 Å². The molecule has 2 heterocycles. The lowest BCUT2D eigenvalue weighted by molar-refractivity contribution is 0.100. The lowest BCUT2D eigenvalue weighted by atomic mass is 10.1. The second kappa shape index (κ2) is 10.8. The zero-order chi connectivity index (χ0) is 25.0. The Morgan fingerprint density at radius 1 is 1.06 bits per heavy atom. The molecule has 35 heavy (non-hydrogen) atoms. The number of aliphatic imine (C=N–C) groups is 2. The van der Waals surface area contributed by atoms with Gasteiger partial charge in [-0.15, -0.1) is 0 Å². The average Bonchev–Trinajstić information content (AvgIpc) is 3.00. The van der Waals surface area contributed by atoms with Crippen LogP contribution in [0.2, 0.25) is 0 Å². The van der Waals surface area contributed by atoms with Gasteiger partial charge in [0, 0.05) is 41.4 Å². The van der Waals surface area contributed by atoms with E-state index in [1.807, 2.05) is 61.4 Å². The zero-order valence-corrected chi connectivity index (χ0v) is 22.1. The third kappa shape index (κ3) is 5.52. The largest absolute Gasteiger partial charge is 0.327 e. The first-order chi connectivity index (χ1) is 16.8. The Morgan fingerprint density at radius 3 is 2.43 bits per heavy atom. The topological polar surface area (TPSA) is 82.4 Å². The first-order valence-electron chi connectivity index (χ1n) is 11.6. The minimum absolute atomic E-state index is 0.170. The SMILES string of the molecule is CCCN(CCC)S(=O)(=O)c1ccc(C(=O)N=C2N=C3C=CC(Br)=CN3Cc3ccccc32)cc1. The summed E-state index contributed by atoms with van der Waals surface area (Å²) in [4.78, 5) is 24.3. The van der Waals surface area contributed by atoms with Crippen molar-refractivity contribution >= 4 is 43.5 Å². The molecule has 2 aromatic carbocycles. The van der Waals surface area contributed by atoms with E-state index in [4.69, 9.17) is 0 Å². The summed E-state index contributed by atoms with van der Waals surface area (Å²) in [5.74, 6) is 0.532. The first kappa shape index (κ1) is 25.2. The lowest BCUT2D eigenvalue weighted by Gasteiger charge is -2.21. The van der Waals surface area contributed by atoms with E-state index in [1.54, 1.807) is 0 Å². The fourth-order valence-electron chi connectivity index (χ4n) is 3.98. The van der Waals surface area contributed by atoms with Crippen LogP contribution in [0.3, 0.4) is 0 Å². The van der Waals surface area contributed by atoms with E-state index < -0.39 is 15.9 Å². The minimum Gasteiger partial charge on any atom is -0.327 e. The molecule has 7 nitrogen and oxygen atoms in total. The number of amides is 1. The molecule has 182 valence electrons. The molecule has 9 heteroatoms. The van der Waals surface area contributed by atoms with Gasteiger partial charge in [-0.2, -0.15) is 9.30 Å². The van der Waals surface area contributed by atoms with Crippen LogP contribution in [0.5, 0.6) is 0 Å². The van der Waals surface area contributed by atoms with Crippen molar-refractivity contribution < 1.29 is 13.2 Å². The molecule has 0 aliphatic carbocycles. The number of allylic oxidation sites excluding steroid dienone is 2. The Kier molecular flexibility index (Phi) is 7.78. The second-order valence-corrected chi connectivity index (χ2v) is 11.1. The molecule has 0 aromatic heterocycles. The van der Waals surface area contributed by atoms with E-state index in [-0.39, 0.29) is 4.90 Å². The van der Waals surface area contributed by atoms with Gasteiger partial charge in [0.25, 0.3) is 5.91 Å². The number of amidine groups is 2. The lowest BCUT2D eigenvalue weighted by Crippen LogP contribution is -2.32. The average molecular weight is 555 g/mol. The van der Waals surface area contributed by atoms with Crippen molar-refractivity contribution in [2.24, 2.45) is 9.98 Å². The highest BCUT2D eigenvalue weighted by Crippen LogP contribution is 2.24. The van der Waals surface area contributed by atoms with Gasteiger partial charge >= 0.3 is 0 Å². The number of benzene rings is 2.